The van der Waals surface area contributed by atoms with Crippen molar-refractivity contribution in [1.29, 1.82) is 0 Å². The van der Waals surface area contributed by atoms with Crippen molar-refractivity contribution in [3.05, 3.63) is 71.6 Å². The number of aliphatic hydroxyl groups excluding tert-OH is 2. The van der Waals surface area contributed by atoms with E-state index in [2.05, 4.69) is 4.98 Å². The first-order valence-electron chi connectivity index (χ1n) is 26.9. The van der Waals surface area contributed by atoms with Crippen LogP contribution in [0.5, 0.6) is 0 Å². The van der Waals surface area contributed by atoms with E-state index in [1.807, 2.05) is 31.0 Å². The molecule has 0 amide bonds. The number of ketones is 1. The number of aliphatic hydroxyl groups is 2. The second-order valence-corrected chi connectivity index (χ2v) is 21.1. The first kappa shape index (κ1) is 62.8. The first-order chi connectivity index (χ1) is 36.6. The molecule has 0 bridgehead atoms. The number of carbonyl (C=O) groups excluding carboxylic acids is 6. The van der Waals surface area contributed by atoms with Gasteiger partial charge in [-0.3, -0.25) is 29.0 Å². The SMILES string of the molecule is CCC(=O)O[C@@H]1CC(=O)O[C@@H](C/C=C/c2cncc(C(=O)c3ccccc3)c2)CCCN(C)C[C@H](O)[C@H](C)C[C@H](CC=O)[C@H](O[C@@H]2OC(C)[C@@H](O[C@H]3CC(C)(OC(C)=O)[C@@H](OC(=O)CC)C(C)O3)C(N(C)C)C2O)[C@H]1OC. The van der Waals surface area contributed by atoms with Gasteiger partial charge in [0, 0.05) is 76.2 Å². The molecule has 20 nitrogen and oxygen atoms in total. The van der Waals surface area contributed by atoms with E-state index in [0.29, 0.717) is 36.1 Å². The van der Waals surface area contributed by atoms with Gasteiger partial charge in [-0.1, -0.05) is 63.3 Å². The topological polar surface area (TPSA) is 245 Å². The largest absolute Gasteiger partial charge is 0.462 e. The molecule has 2 aromatic rings. The van der Waals surface area contributed by atoms with Crippen LogP contribution in [0.25, 0.3) is 6.08 Å². The molecule has 20 heteroatoms. The highest BCUT2D eigenvalue weighted by Crippen LogP contribution is 2.39. The van der Waals surface area contributed by atoms with Gasteiger partial charge in [0.15, 0.2) is 30.1 Å². The highest BCUT2D eigenvalue weighted by Gasteiger charge is 2.54. The monoisotopic (exact) mass is 1080 g/mol. The van der Waals surface area contributed by atoms with Crippen molar-refractivity contribution in [1.82, 2.24) is 14.8 Å². The van der Waals surface area contributed by atoms with Crippen LogP contribution in [0.3, 0.4) is 0 Å². The fourth-order valence-corrected chi connectivity index (χ4v) is 10.6. The molecule has 1 aromatic carbocycles. The number of methoxy groups -OCH3 is 1. The summed E-state index contributed by atoms with van der Waals surface area (Å²) in [6, 6.07) is 9.79. The molecular formula is C57H83N3O17. The Bertz CT molecular complexity index is 2270. The van der Waals surface area contributed by atoms with E-state index < -0.39 is 127 Å². The highest BCUT2D eigenvalue weighted by atomic mass is 16.7. The average molecular weight is 1080 g/mol. The van der Waals surface area contributed by atoms with Crippen molar-refractivity contribution in [2.24, 2.45) is 11.8 Å². The number of carbonyl (C=O) groups is 6. The van der Waals surface area contributed by atoms with Crippen LogP contribution in [0, 0.1) is 11.8 Å². The van der Waals surface area contributed by atoms with Crippen molar-refractivity contribution < 1.29 is 81.6 Å². The van der Waals surface area contributed by atoms with E-state index in [4.69, 9.17) is 42.6 Å². The fourth-order valence-electron chi connectivity index (χ4n) is 10.6. The Morgan fingerprint density at radius 2 is 1.62 bits per heavy atom. The zero-order valence-electron chi connectivity index (χ0n) is 46.6. The second-order valence-electron chi connectivity index (χ2n) is 21.1. The lowest BCUT2D eigenvalue weighted by atomic mass is 9.82. The van der Waals surface area contributed by atoms with Crippen LogP contribution in [0.2, 0.25) is 0 Å². The predicted octanol–water partition coefficient (Wildman–Crippen LogP) is 5.26. The summed E-state index contributed by atoms with van der Waals surface area (Å²) in [6.45, 7) is 12.3. The summed E-state index contributed by atoms with van der Waals surface area (Å²) < 4.78 is 56.1. The van der Waals surface area contributed by atoms with Crippen LogP contribution in [-0.4, -0.2) is 188 Å². The van der Waals surface area contributed by atoms with Gasteiger partial charge in [-0.15, -0.1) is 0 Å². The summed E-state index contributed by atoms with van der Waals surface area (Å²) in [4.78, 5) is 86.3. The number of aromatic nitrogens is 1. The van der Waals surface area contributed by atoms with Crippen molar-refractivity contribution >= 4 is 42.0 Å². The lowest BCUT2D eigenvalue weighted by Crippen LogP contribution is -2.66. The van der Waals surface area contributed by atoms with Crippen LogP contribution in [0.4, 0.5) is 0 Å². The van der Waals surface area contributed by atoms with Gasteiger partial charge < -0.3 is 67.4 Å². The van der Waals surface area contributed by atoms with E-state index in [1.54, 1.807) is 96.2 Å². The Labute approximate surface area is 453 Å². The summed E-state index contributed by atoms with van der Waals surface area (Å²) in [7, 11) is 6.74. The fraction of sp³-hybridized carbons (Fsp3) is 0.667. The Hall–Kier alpha value is -5.03. The molecule has 2 N–H and O–H groups in total. The number of ether oxygens (including phenoxy) is 9. The van der Waals surface area contributed by atoms with E-state index in [9.17, 15) is 39.0 Å². The zero-order valence-corrected chi connectivity index (χ0v) is 46.6. The smallest absolute Gasteiger partial charge is 0.309 e. The van der Waals surface area contributed by atoms with Gasteiger partial charge in [0.25, 0.3) is 0 Å². The van der Waals surface area contributed by atoms with Gasteiger partial charge in [0.05, 0.1) is 36.9 Å². The predicted molar refractivity (Wildman–Crippen MR) is 281 cm³/mol. The third-order valence-electron chi connectivity index (χ3n) is 14.6. The molecule has 3 aliphatic heterocycles. The minimum absolute atomic E-state index is 0.0363. The van der Waals surface area contributed by atoms with Crippen LogP contribution >= 0.6 is 0 Å². The molecule has 5 unspecified atom stereocenters. The number of nitrogens with zero attached hydrogens (tertiary/aromatic N) is 3. The summed E-state index contributed by atoms with van der Waals surface area (Å²) in [6.07, 6.45) is -4.23. The molecule has 0 spiro atoms. The number of likely N-dealkylation sites (N-methyl/N-ethyl adjacent to an activating group) is 2. The van der Waals surface area contributed by atoms with E-state index in [1.165, 1.54) is 20.2 Å². The lowest BCUT2D eigenvalue weighted by Gasteiger charge is -2.50. The van der Waals surface area contributed by atoms with Crippen molar-refractivity contribution in [3.63, 3.8) is 0 Å². The molecule has 77 heavy (non-hydrogen) atoms. The third kappa shape index (κ3) is 17.7. The number of cyclic esters (lactones) is 1. The van der Waals surface area contributed by atoms with E-state index in [0.717, 1.165) is 6.29 Å². The minimum Gasteiger partial charge on any atom is -0.462 e. The van der Waals surface area contributed by atoms with Gasteiger partial charge in [0.1, 0.15) is 36.8 Å². The molecule has 0 radical (unpaired) electrons. The average Bonchev–Trinajstić information content (AvgIpc) is 3.39. The van der Waals surface area contributed by atoms with Crippen LogP contribution in [0.1, 0.15) is 128 Å². The molecule has 16 atom stereocenters. The highest BCUT2D eigenvalue weighted by molar-refractivity contribution is 6.09. The number of hydrogen-bond donors (Lipinski definition) is 2. The molecule has 3 saturated heterocycles. The number of benzene rings is 1. The number of rotatable bonds is 18. The molecule has 3 aliphatic rings. The number of β-amino-alcohol motifs (C(OH)–C–C–N with tert-alkyl or cyclic N) is 1. The Morgan fingerprint density at radius 1 is 0.922 bits per heavy atom. The van der Waals surface area contributed by atoms with Gasteiger partial charge in [-0.25, -0.2) is 0 Å². The minimum atomic E-state index is -1.46. The molecule has 0 aliphatic carbocycles. The summed E-state index contributed by atoms with van der Waals surface area (Å²) >= 11 is 0. The quantitative estimate of drug-likeness (QED) is 0.0837. The lowest BCUT2D eigenvalue weighted by molar-refractivity contribution is -0.344. The zero-order chi connectivity index (χ0) is 56.6. The first-order valence-corrected chi connectivity index (χ1v) is 26.9. The van der Waals surface area contributed by atoms with Crippen molar-refractivity contribution in [2.45, 2.75) is 192 Å². The van der Waals surface area contributed by atoms with Crippen LogP contribution in [-0.2, 0) is 66.6 Å². The Kier molecular flexibility index (Phi) is 24.3. The molecule has 1 aromatic heterocycles. The molecule has 4 heterocycles. The Balaban J connectivity index is 1.45. The second kappa shape index (κ2) is 29.8. The summed E-state index contributed by atoms with van der Waals surface area (Å²) in [5.74, 6) is -3.77. The maximum Gasteiger partial charge on any atom is 0.309 e. The van der Waals surface area contributed by atoms with E-state index >= 15 is 0 Å². The van der Waals surface area contributed by atoms with Crippen molar-refractivity contribution in [2.75, 3.05) is 41.3 Å². The van der Waals surface area contributed by atoms with Gasteiger partial charge in [-0.05, 0) is 91.2 Å². The number of esters is 4. The van der Waals surface area contributed by atoms with Crippen LogP contribution < -0.4 is 0 Å². The molecule has 0 saturated carbocycles. The van der Waals surface area contributed by atoms with Gasteiger partial charge >= 0.3 is 23.9 Å². The van der Waals surface area contributed by atoms with Crippen molar-refractivity contribution in [3.8, 4) is 0 Å². The maximum atomic E-state index is 14.3. The van der Waals surface area contributed by atoms with Gasteiger partial charge in [-0.2, -0.15) is 0 Å². The molecule has 3 fully saturated rings. The molecule has 5 rings (SSSR count). The Morgan fingerprint density at radius 3 is 2.27 bits per heavy atom. The van der Waals surface area contributed by atoms with E-state index in [-0.39, 0.29) is 50.9 Å². The summed E-state index contributed by atoms with van der Waals surface area (Å²) in [5, 5.41) is 24.1. The third-order valence-corrected chi connectivity index (χ3v) is 14.6. The standard InChI is InChI=1S/C57H83N3O17/c1-12-45(64)73-44-29-47(66)72-42(22-17-19-38-28-41(32-58-31-38)50(67)39-20-15-14-16-21-39)23-18-25-60(10)33-43(63)34(3)27-40(24-26-61)53(54(44)69-11)76-56-51(68)49(59(8)9)52(35(4)71-56)75-48-30-57(7,77-37(6)62)55(36(5)70-48)74-46(65)13-2/h14-17,19-21,26,28,31-32,34-36,40,42-44,48-49,51-56,63,68H,12-13,18,22-25,27,29-30,33H2,1-11H3/b19-17+/t34-,35?,36?,40+,42+,43+,44-,48+,49?,51?,52-,53+,54+,55+,56+,57?/m1/s1. The maximum absolute atomic E-state index is 14.3. The van der Waals surface area contributed by atoms with Gasteiger partial charge in [0.2, 0.25) is 0 Å². The number of pyridine rings is 1. The molecule has 428 valence electrons. The normalized spacial score (nSPS) is 33.2. The molecular weight excluding hydrogens is 999 g/mol. The number of hydrogen-bond acceptors (Lipinski definition) is 20. The summed E-state index contributed by atoms with van der Waals surface area (Å²) in [5.41, 5.74) is 0.276. The number of aldehydes is 1. The van der Waals surface area contributed by atoms with Crippen LogP contribution in [0.15, 0.2) is 54.9 Å².